The Balaban J connectivity index is 1.24. The monoisotopic (exact) mass is 411 g/mol. The molecule has 0 bridgehead atoms. The number of benzene rings is 2. The minimum absolute atomic E-state index is 0.322. The first-order valence-corrected chi connectivity index (χ1v) is 10.6. The topological polar surface area (TPSA) is 66.9 Å². The van der Waals surface area contributed by atoms with E-state index in [1.807, 2.05) is 12.1 Å². The molecule has 0 unspecified atom stereocenters. The third kappa shape index (κ3) is 5.63. The van der Waals surface area contributed by atoms with Crippen LogP contribution in [-0.2, 0) is 17.8 Å². The first-order valence-electron chi connectivity index (χ1n) is 10.2. The van der Waals surface area contributed by atoms with Gasteiger partial charge in [0.1, 0.15) is 5.82 Å². The minimum Gasteiger partial charge on any atom is -0.373 e. The molecule has 6 nitrogen and oxygen atoms in total. The summed E-state index contributed by atoms with van der Waals surface area (Å²) in [5.41, 5.74) is 3.60. The summed E-state index contributed by atoms with van der Waals surface area (Å²) in [6.07, 6.45) is 4.44. The molecule has 0 saturated carbocycles. The van der Waals surface area contributed by atoms with Crippen LogP contribution in [0.15, 0.2) is 48.5 Å². The van der Waals surface area contributed by atoms with Gasteiger partial charge >= 0.3 is 0 Å². The molecule has 1 N–H and O–H groups in total. The predicted octanol–water partition coefficient (Wildman–Crippen LogP) is 4.13. The van der Waals surface area contributed by atoms with E-state index in [1.165, 1.54) is 16.7 Å². The highest BCUT2D eigenvalue weighted by Crippen LogP contribution is 2.26. The average Bonchev–Trinajstić information content (AvgIpc) is 3.28. The lowest BCUT2D eigenvalue weighted by Gasteiger charge is -2.32. The van der Waals surface area contributed by atoms with Crippen molar-refractivity contribution in [3.05, 3.63) is 64.9 Å². The summed E-state index contributed by atoms with van der Waals surface area (Å²) in [6, 6.07) is 16.4. The highest BCUT2D eigenvalue weighted by molar-refractivity contribution is 6.30. The fourth-order valence-corrected chi connectivity index (χ4v) is 3.95. The number of hydrogen-bond donors (Lipinski definition) is 1. The zero-order valence-electron chi connectivity index (χ0n) is 16.4. The standard InChI is InChI=1S/C22H26ClN5O/c23-19-9-7-17(8-10-19)21-5-2-1-4-18(21)16-29-20-11-14-28(15-12-20)13-3-6-22-24-26-27-25-22/h1-2,4-5,7-10,20H,3,6,11-16H2,(H,24,25,26,27). The molecule has 29 heavy (non-hydrogen) atoms. The summed E-state index contributed by atoms with van der Waals surface area (Å²) in [5.74, 6) is 0.863. The minimum atomic E-state index is 0.322. The summed E-state index contributed by atoms with van der Waals surface area (Å²) in [7, 11) is 0. The van der Waals surface area contributed by atoms with Crippen molar-refractivity contribution in [1.82, 2.24) is 25.5 Å². The molecule has 1 aromatic heterocycles. The fourth-order valence-electron chi connectivity index (χ4n) is 3.82. The quantitative estimate of drug-likeness (QED) is 0.603. The molecule has 0 spiro atoms. The zero-order valence-corrected chi connectivity index (χ0v) is 17.2. The van der Waals surface area contributed by atoms with Crippen LogP contribution >= 0.6 is 11.6 Å². The van der Waals surface area contributed by atoms with Gasteiger partial charge in [0.15, 0.2) is 0 Å². The van der Waals surface area contributed by atoms with E-state index in [0.717, 1.165) is 56.2 Å². The molecular formula is C22H26ClN5O. The predicted molar refractivity (Wildman–Crippen MR) is 114 cm³/mol. The number of likely N-dealkylation sites (tertiary alicyclic amines) is 1. The first kappa shape index (κ1) is 20.0. The number of halogens is 1. The van der Waals surface area contributed by atoms with Crippen molar-refractivity contribution in [3.8, 4) is 11.1 Å². The molecule has 1 aliphatic heterocycles. The number of aromatic nitrogens is 4. The van der Waals surface area contributed by atoms with E-state index in [2.05, 4.69) is 61.9 Å². The number of hydrogen-bond acceptors (Lipinski definition) is 5. The summed E-state index contributed by atoms with van der Waals surface area (Å²) >= 11 is 6.03. The van der Waals surface area contributed by atoms with Crippen LogP contribution < -0.4 is 0 Å². The Labute approximate surface area is 176 Å². The van der Waals surface area contributed by atoms with E-state index in [0.29, 0.717) is 12.7 Å². The fraction of sp³-hybridized carbons (Fsp3) is 0.409. The van der Waals surface area contributed by atoms with E-state index < -0.39 is 0 Å². The van der Waals surface area contributed by atoms with Crippen molar-refractivity contribution >= 4 is 11.6 Å². The third-order valence-electron chi connectivity index (χ3n) is 5.46. The van der Waals surface area contributed by atoms with Crippen LogP contribution in [0.4, 0.5) is 0 Å². The Morgan fingerprint density at radius 3 is 2.62 bits per heavy atom. The Hall–Kier alpha value is -2.28. The lowest BCUT2D eigenvalue weighted by Crippen LogP contribution is -2.37. The summed E-state index contributed by atoms with van der Waals surface area (Å²) in [6.45, 7) is 3.88. The van der Waals surface area contributed by atoms with Crippen molar-refractivity contribution in [2.75, 3.05) is 19.6 Å². The van der Waals surface area contributed by atoms with Crippen LogP contribution in [0, 0.1) is 0 Å². The van der Waals surface area contributed by atoms with Gasteiger partial charge in [0.2, 0.25) is 0 Å². The number of tetrazole rings is 1. The molecule has 1 fully saturated rings. The van der Waals surface area contributed by atoms with Crippen molar-refractivity contribution in [3.63, 3.8) is 0 Å². The van der Waals surface area contributed by atoms with Crippen molar-refractivity contribution in [2.45, 2.75) is 38.4 Å². The summed E-state index contributed by atoms with van der Waals surface area (Å²) < 4.78 is 6.28. The van der Waals surface area contributed by atoms with Crippen molar-refractivity contribution in [2.24, 2.45) is 0 Å². The summed E-state index contributed by atoms with van der Waals surface area (Å²) in [4.78, 5) is 2.51. The van der Waals surface area contributed by atoms with E-state index in [9.17, 15) is 0 Å². The molecule has 2 heterocycles. The Morgan fingerprint density at radius 1 is 1.07 bits per heavy atom. The zero-order chi connectivity index (χ0) is 19.9. The molecule has 1 saturated heterocycles. The highest BCUT2D eigenvalue weighted by atomic mass is 35.5. The van der Waals surface area contributed by atoms with Crippen LogP contribution in [-0.4, -0.2) is 51.3 Å². The Kier molecular flexibility index (Phi) is 6.87. The molecule has 152 valence electrons. The lowest BCUT2D eigenvalue weighted by atomic mass is 10.00. The maximum Gasteiger partial charge on any atom is 0.148 e. The van der Waals surface area contributed by atoms with Gasteiger partial charge in [0, 0.05) is 24.5 Å². The SMILES string of the molecule is Clc1ccc(-c2ccccc2COC2CCN(CCCc3nnn[nH]3)CC2)cc1. The molecule has 0 amide bonds. The van der Waals surface area contributed by atoms with Gasteiger partial charge in [-0.3, -0.25) is 0 Å². The average molecular weight is 412 g/mol. The van der Waals surface area contributed by atoms with Gasteiger partial charge in [-0.25, -0.2) is 5.10 Å². The second-order valence-corrected chi connectivity index (χ2v) is 7.90. The van der Waals surface area contributed by atoms with E-state index in [-0.39, 0.29) is 0 Å². The molecule has 2 aromatic carbocycles. The third-order valence-corrected chi connectivity index (χ3v) is 5.71. The lowest BCUT2D eigenvalue weighted by molar-refractivity contribution is -0.00238. The largest absolute Gasteiger partial charge is 0.373 e. The number of rotatable bonds is 8. The van der Waals surface area contributed by atoms with Crippen LogP contribution in [0.1, 0.15) is 30.7 Å². The molecule has 1 aliphatic rings. The van der Waals surface area contributed by atoms with Crippen molar-refractivity contribution in [1.29, 1.82) is 0 Å². The second-order valence-electron chi connectivity index (χ2n) is 7.47. The van der Waals surface area contributed by atoms with Crippen LogP contribution in [0.25, 0.3) is 11.1 Å². The molecule has 7 heteroatoms. The molecule has 3 aromatic rings. The number of aromatic amines is 1. The second kappa shape index (κ2) is 9.96. The highest BCUT2D eigenvalue weighted by Gasteiger charge is 2.20. The molecule has 0 aliphatic carbocycles. The van der Waals surface area contributed by atoms with Crippen LogP contribution in [0.3, 0.4) is 0 Å². The number of piperidine rings is 1. The number of nitrogens with zero attached hydrogens (tertiary/aromatic N) is 4. The van der Waals surface area contributed by atoms with Crippen molar-refractivity contribution < 1.29 is 4.74 Å². The number of H-pyrrole nitrogens is 1. The van der Waals surface area contributed by atoms with Gasteiger partial charge in [0.25, 0.3) is 0 Å². The molecule has 0 atom stereocenters. The Morgan fingerprint density at radius 2 is 1.86 bits per heavy atom. The molecule has 4 rings (SSSR count). The van der Waals surface area contributed by atoms with E-state index in [1.54, 1.807) is 0 Å². The first-order chi connectivity index (χ1) is 14.3. The van der Waals surface area contributed by atoms with Gasteiger partial charge in [0.05, 0.1) is 12.7 Å². The van der Waals surface area contributed by atoms with E-state index >= 15 is 0 Å². The Bertz CT molecular complexity index is 876. The maximum absolute atomic E-state index is 6.28. The number of nitrogens with one attached hydrogen (secondary N) is 1. The smallest absolute Gasteiger partial charge is 0.148 e. The number of ether oxygens (including phenoxy) is 1. The van der Waals surface area contributed by atoms with Gasteiger partial charge < -0.3 is 9.64 Å². The van der Waals surface area contributed by atoms with E-state index in [4.69, 9.17) is 16.3 Å². The molecule has 0 radical (unpaired) electrons. The van der Waals surface area contributed by atoms with Crippen LogP contribution in [0.2, 0.25) is 5.02 Å². The van der Waals surface area contributed by atoms with Gasteiger partial charge in [-0.15, -0.1) is 5.10 Å². The maximum atomic E-state index is 6.28. The summed E-state index contributed by atoms with van der Waals surface area (Å²) in [5, 5.41) is 14.7. The number of aryl methyl sites for hydroxylation is 1. The van der Waals surface area contributed by atoms with Gasteiger partial charge in [-0.1, -0.05) is 48.0 Å². The normalized spacial score (nSPS) is 15.6. The van der Waals surface area contributed by atoms with Gasteiger partial charge in [-0.05, 0) is 65.1 Å². The van der Waals surface area contributed by atoms with Gasteiger partial charge in [-0.2, -0.15) is 0 Å². The van der Waals surface area contributed by atoms with Crippen LogP contribution in [0.5, 0.6) is 0 Å². The molecular weight excluding hydrogens is 386 g/mol.